The number of benzene rings is 2. The summed E-state index contributed by atoms with van der Waals surface area (Å²) in [5.41, 5.74) is 0.575. The van der Waals surface area contributed by atoms with Crippen molar-refractivity contribution in [3.05, 3.63) is 53.6 Å². The molecule has 0 unspecified atom stereocenters. The number of hydrogen-bond donors (Lipinski definition) is 1. The molecule has 1 N–H and O–H groups in total. The van der Waals surface area contributed by atoms with Gasteiger partial charge in [0.15, 0.2) is 12.7 Å². The third-order valence-corrected chi connectivity index (χ3v) is 3.46. The Bertz CT molecular complexity index is 715. The fourth-order valence-corrected chi connectivity index (χ4v) is 2.00. The van der Waals surface area contributed by atoms with Gasteiger partial charge < -0.3 is 19.5 Å². The molecule has 2 aromatic rings. The number of methoxy groups -OCH3 is 1. The highest BCUT2D eigenvalue weighted by Crippen LogP contribution is 2.16. The van der Waals surface area contributed by atoms with Crippen LogP contribution in [-0.2, 0) is 14.3 Å². The van der Waals surface area contributed by atoms with Crippen LogP contribution in [-0.4, -0.2) is 31.7 Å². The molecule has 2 aromatic carbocycles. The van der Waals surface area contributed by atoms with Crippen LogP contribution in [0.15, 0.2) is 48.5 Å². The molecule has 7 heteroatoms. The van der Waals surface area contributed by atoms with Crippen molar-refractivity contribution in [3.63, 3.8) is 0 Å². The smallest absolute Gasteiger partial charge is 0.344 e. The zero-order valence-electron chi connectivity index (χ0n) is 13.8. The number of hydrogen-bond acceptors (Lipinski definition) is 5. The quantitative estimate of drug-likeness (QED) is 0.764. The SMILES string of the molecule is COc1ccc(NC(=O)[C@H](C)OC(=O)COc2ccc(Cl)cc2)cc1. The first-order chi connectivity index (χ1) is 12.0. The first kappa shape index (κ1) is 18.6. The molecule has 132 valence electrons. The molecular formula is C18H18ClNO5. The third kappa shape index (κ3) is 6.00. The maximum Gasteiger partial charge on any atom is 0.344 e. The first-order valence-electron chi connectivity index (χ1n) is 7.50. The number of anilines is 1. The Morgan fingerprint density at radius 3 is 2.24 bits per heavy atom. The maximum atomic E-state index is 12.0. The van der Waals surface area contributed by atoms with E-state index in [1.54, 1.807) is 55.6 Å². The van der Waals surface area contributed by atoms with Crippen molar-refractivity contribution in [2.24, 2.45) is 0 Å². The van der Waals surface area contributed by atoms with Gasteiger partial charge in [-0.15, -0.1) is 0 Å². The zero-order chi connectivity index (χ0) is 18.2. The fourth-order valence-electron chi connectivity index (χ4n) is 1.88. The average molecular weight is 364 g/mol. The Morgan fingerprint density at radius 2 is 1.64 bits per heavy atom. The molecular weight excluding hydrogens is 346 g/mol. The molecule has 1 amide bonds. The van der Waals surface area contributed by atoms with E-state index in [0.717, 1.165) is 0 Å². The minimum atomic E-state index is -0.955. The summed E-state index contributed by atoms with van der Waals surface area (Å²) in [4.78, 5) is 23.8. The third-order valence-electron chi connectivity index (χ3n) is 3.21. The second-order valence-corrected chi connectivity index (χ2v) is 5.53. The Balaban J connectivity index is 1.78. The van der Waals surface area contributed by atoms with Crippen LogP contribution in [0, 0.1) is 0 Å². The standard InChI is InChI=1S/C18H18ClNO5/c1-12(18(22)20-14-5-9-15(23-2)10-6-14)25-17(21)11-24-16-7-3-13(19)4-8-16/h3-10,12H,11H2,1-2H3,(H,20,22)/t12-/m0/s1. The number of carbonyl (C=O) groups is 2. The van der Waals surface area contributed by atoms with Crippen LogP contribution >= 0.6 is 11.6 Å². The summed E-state index contributed by atoms with van der Waals surface area (Å²) < 4.78 is 15.4. The van der Waals surface area contributed by atoms with Gasteiger partial charge in [0, 0.05) is 10.7 Å². The average Bonchev–Trinajstić information content (AvgIpc) is 2.61. The predicted octanol–water partition coefficient (Wildman–Crippen LogP) is 3.30. The summed E-state index contributed by atoms with van der Waals surface area (Å²) in [5.74, 6) is 0.0749. The number of amides is 1. The molecule has 0 aliphatic rings. The maximum absolute atomic E-state index is 12.0. The number of rotatable bonds is 7. The molecule has 1 atom stereocenters. The molecule has 6 nitrogen and oxygen atoms in total. The number of esters is 1. The summed E-state index contributed by atoms with van der Waals surface area (Å²) in [6.45, 7) is 1.18. The van der Waals surface area contributed by atoms with Crippen LogP contribution in [0.1, 0.15) is 6.92 Å². The predicted molar refractivity (Wildman–Crippen MR) is 94.1 cm³/mol. The highest BCUT2D eigenvalue weighted by Gasteiger charge is 2.18. The van der Waals surface area contributed by atoms with Gasteiger partial charge in [-0.25, -0.2) is 4.79 Å². The lowest BCUT2D eigenvalue weighted by Crippen LogP contribution is -2.31. The Labute approximate surface area is 150 Å². The minimum absolute atomic E-state index is 0.304. The minimum Gasteiger partial charge on any atom is -0.497 e. The van der Waals surface area contributed by atoms with Crippen LogP contribution in [0.2, 0.25) is 5.02 Å². The van der Waals surface area contributed by atoms with E-state index in [2.05, 4.69) is 5.32 Å². The molecule has 0 fully saturated rings. The number of carbonyl (C=O) groups excluding carboxylic acids is 2. The molecule has 0 bridgehead atoms. The second kappa shape index (κ2) is 8.94. The van der Waals surface area contributed by atoms with Crippen molar-refractivity contribution < 1.29 is 23.8 Å². The monoisotopic (exact) mass is 363 g/mol. The highest BCUT2D eigenvalue weighted by molar-refractivity contribution is 6.30. The molecule has 0 spiro atoms. The van der Waals surface area contributed by atoms with E-state index in [9.17, 15) is 9.59 Å². The molecule has 0 saturated carbocycles. The van der Waals surface area contributed by atoms with Crippen molar-refractivity contribution in [3.8, 4) is 11.5 Å². The van der Waals surface area contributed by atoms with Crippen molar-refractivity contribution >= 4 is 29.2 Å². The van der Waals surface area contributed by atoms with Crippen LogP contribution in [0.3, 0.4) is 0 Å². The van der Waals surface area contributed by atoms with Crippen LogP contribution in [0.25, 0.3) is 0 Å². The first-order valence-corrected chi connectivity index (χ1v) is 7.88. The van der Waals surface area contributed by atoms with Crippen molar-refractivity contribution in [1.29, 1.82) is 0 Å². The van der Waals surface area contributed by atoms with E-state index in [1.807, 2.05) is 0 Å². The number of halogens is 1. The van der Waals surface area contributed by atoms with Crippen molar-refractivity contribution in [2.45, 2.75) is 13.0 Å². The van der Waals surface area contributed by atoms with Gasteiger partial charge in [0.1, 0.15) is 11.5 Å². The van der Waals surface area contributed by atoms with Gasteiger partial charge in [0.25, 0.3) is 5.91 Å². The second-order valence-electron chi connectivity index (χ2n) is 5.09. The van der Waals surface area contributed by atoms with Gasteiger partial charge in [-0.3, -0.25) is 4.79 Å². The van der Waals surface area contributed by atoms with Gasteiger partial charge >= 0.3 is 5.97 Å². The van der Waals surface area contributed by atoms with Gasteiger partial charge in [-0.2, -0.15) is 0 Å². The van der Waals surface area contributed by atoms with Gasteiger partial charge in [0.05, 0.1) is 7.11 Å². The van der Waals surface area contributed by atoms with E-state index < -0.39 is 18.0 Å². The molecule has 0 saturated heterocycles. The molecule has 25 heavy (non-hydrogen) atoms. The van der Waals surface area contributed by atoms with Gasteiger partial charge in [0.2, 0.25) is 0 Å². The zero-order valence-corrected chi connectivity index (χ0v) is 14.6. The largest absolute Gasteiger partial charge is 0.497 e. The van der Waals surface area contributed by atoms with Gasteiger partial charge in [-0.05, 0) is 55.5 Å². The lowest BCUT2D eigenvalue weighted by atomic mass is 10.3. The number of nitrogens with one attached hydrogen (secondary N) is 1. The summed E-state index contributed by atoms with van der Waals surface area (Å²) in [7, 11) is 1.56. The Kier molecular flexibility index (Phi) is 6.65. The van der Waals surface area contributed by atoms with E-state index >= 15 is 0 Å². The van der Waals surface area contributed by atoms with E-state index in [-0.39, 0.29) is 6.61 Å². The highest BCUT2D eigenvalue weighted by atomic mass is 35.5. The number of ether oxygens (including phenoxy) is 3. The molecule has 0 heterocycles. The topological polar surface area (TPSA) is 73.9 Å². The lowest BCUT2D eigenvalue weighted by molar-refractivity contribution is -0.155. The van der Waals surface area contributed by atoms with Crippen molar-refractivity contribution in [1.82, 2.24) is 0 Å². The summed E-state index contributed by atoms with van der Waals surface area (Å²) in [5, 5.41) is 3.22. The normalized spacial score (nSPS) is 11.3. The van der Waals surface area contributed by atoms with E-state index in [0.29, 0.717) is 22.2 Å². The molecule has 0 radical (unpaired) electrons. The molecule has 0 aromatic heterocycles. The molecule has 0 aliphatic carbocycles. The molecule has 2 rings (SSSR count). The van der Waals surface area contributed by atoms with Crippen LogP contribution < -0.4 is 14.8 Å². The summed E-state index contributed by atoms with van der Waals surface area (Å²) >= 11 is 5.76. The van der Waals surface area contributed by atoms with E-state index in [4.69, 9.17) is 25.8 Å². The Morgan fingerprint density at radius 1 is 1.04 bits per heavy atom. The summed E-state index contributed by atoms with van der Waals surface area (Å²) in [6, 6.07) is 13.4. The molecule has 0 aliphatic heterocycles. The fraction of sp³-hybridized carbons (Fsp3) is 0.222. The van der Waals surface area contributed by atoms with Crippen LogP contribution in [0.5, 0.6) is 11.5 Å². The van der Waals surface area contributed by atoms with Gasteiger partial charge in [-0.1, -0.05) is 11.6 Å². The summed E-state index contributed by atoms with van der Waals surface area (Å²) in [6.07, 6.45) is -0.955. The van der Waals surface area contributed by atoms with Crippen LogP contribution in [0.4, 0.5) is 5.69 Å². The van der Waals surface area contributed by atoms with E-state index in [1.165, 1.54) is 6.92 Å². The van der Waals surface area contributed by atoms with Crippen molar-refractivity contribution in [2.75, 3.05) is 19.0 Å². The lowest BCUT2D eigenvalue weighted by Gasteiger charge is -2.14. The Hall–Kier alpha value is -2.73.